The van der Waals surface area contributed by atoms with Crippen LogP contribution in [0.1, 0.15) is 5.56 Å². The first-order valence-corrected chi connectivity index (χ1v) is 5.70. The summed E-state index contributed by atoms with van der Waals surface area (Å²) in [6.07, 6.45) is 3.36. The summed E-state index contributed by atoms with van der Waals surface area (Å²) in [6.45, 7) is -0.783. The van der Waals surface area contributed by atoms with Gasteiger partial charge in [0.15, 0.2) is 0 Å². The average molecular weight is 284 g/mol. The van der Waals surface area contributed by atoms with Crippen molar-refractivity contribution in [3.63, 3.8) is 0 Å². The van der Waals surface area contributed by atoms with Gasteiger partial charge in [0, 0.05) is 25.9 Å². The van der Waals surface area contributed by atoms with E-state index in [9.17, 15) is 14.4 Å². The van der Waals surface area contributed by atoms with Crippen molar-refractivity contribution in [3.05, 3.63) is 18.0 Å². The third kappa shape index (κ3) is 5.48. The molecular formula is C11H16N4O5. The number of imide groups is 1. The summed E-state index contributed by atoms with van der Waals surface area (Å²) >= 11 is 0. The van der Waals surface area contributed by atoms with Crippen molar-refractivity contribution in [1.82, 2.24) is 20.0 Å². The Kier molecular flexibility index (Phi) is 5.66. The summed E-state index contributed by atoms with van der Waals surface area (Å²) in [4.78, 5) is 34.4. The summed E-state index contributed by atoms with van der Waals surface area (Å²) in [5, 5.41) is 14.4. The van der Waals surface area contributed by atoms with Crippen molar-refractivity contribution < 1.29 is 24.2 Å². The fourth-order valence-electron chi connectivity index (χ4n) is 1.38. The molecule has 1 aromatic rings. The van der Waals surface area contributed by atoms with Crippen LogP contribution in [-0.4, -0.2) is 58.0 Å². The average Bonchev–Trinajstić information content (AvgIpc) is 2.74. The van der Waals surface area contributed by atoms with Crippen LogP contribution in [0.5, 0.6) is 0 Å². The maximum atomic E-state index is 11.7. The van der Waals surface area contributed by atoms with Crippen molar-refractivity contribution >= 4 is 17.9 Å². The molecule has 0 atom stereocenters. The van der Waals surface area contributed by atoms with Gasteiger partial charge in [-0.1, -0.05) is 0 Å². The van der Waals surface area contributed by atoms with E-state index in [-0.39, 0.29) is 0 Å². The number of rotatable bonds is 6. The molecule has 0 saturated carbocycles. The molecular weight excluding hydrogens is 268 g/mol. The van der Waals surface area contributed by atoms with Crippen LogP contribution in [-0.2, 0) is 27.9 Å². The number of amides is 3. The third-order valence-corrected chi connectivity index (χ3v) is 2.23. The SMILES string of the molecule is CN(Cc1cnn(C)c1)C(=O)NC(=O)COCC(=O)O. The maximum Gasteiger partial charge on any atom is 0.329 e. The Balaban J connectivity index is 2.33. The van der Waals surface area contributed by atoms with Gasteiger partial charge in [-0.05, 0) is 0 Å². The Morgan fingerprint density at radius 2 is 2.15 bits per heavy atom. The van der Waals surface area contributed by atoms with Crippen LogP contribution in [0.4, 0.5) is 4.79 Å². The minimum absolute atomic E-state index is 0.295. The molecule has 0 spiro atoms. The topological polar surface area (TPSA) is 114 Å². The zero-order chi connectivity index (χ0) is 15.1. The Morgan fingerprint density at radius 3 is 2.70 bits per heavy atom. The van der Waals surface area contributed by atoms with Gasteiger partial charge in [-0.25, -0.2) is 9.59 Å². The van der Waals surface area contributed by atoms with Gasteiger partial charge in [0.2, 0.25) is 0 Å². The number of aliphatic carboxylic acids is 1. The van der Waals surface area contributed by atoms with E-state index in [1.54, 1.807) is 24.1 Å². The van der Waals surface area contributed by atoms with E-state index in [0.717, 1.165) is 5.56 Å². The van der Waals surface area contributed by atoms with E-state index >= 15 is 0 Å². The Labute approximate surface area is 115 Å². The summed E-state index contributed by atoms with van der Waals surface area (Å²) in [5.74, 6) is -1.88. The Morgan fingerprint density at radius 1 is 1.45 bits per heavy atom. The molecule has 1 rings (SSSR count). The molecule has 1 heterocycles. The Hall–Kier alpha value is -2.42. The molecule has 0 saturated heterocycles. The van der Waals surface area contributed by atoms with Gasteiger partial charge < -0.3 is 14.7 Å². The van der Waals surface area contributed by atoms with Gasteiger partial charge in [0.05, 0.1) is 12.7 Å². The molecule has 1 aromatic heterocycles. The number of aromatic nitrogens is 2. The predicted octanol–water partition coefficient (Wildman–Crippen LogP) is -0.811. The number of aryl methyl sites for hydroxylation is 1. The molecule has 0 bridgehead atoms. The standard InChI is InChI=1S/C11H16N4O5/c1-14(4-8-3-12-15(2)5-8)11(19)13-9(16)6-20-7-10(17)18/h3,5H,4,6-7H2,1-2H3,(H,17,18)(H,13,16,19). The van der Waals surface area contributed by atoms with Gasteiger partial charge >= 0.3 is 12.0 Å². The molecule has 0 radical (unpaired) electrons. The van der Waals surface area contributed by atoms with E-state index in [0.29, 0.717) is 6.54 Å². The van der Waals surface area contributed by atoms with Gasteiger partial charge in [-0.15, -0.1) is 0 Å². The van der Waals surface area contributed by atoms with Crippen molar-refractivity contribution in [3.8, 4) is 0 Å². The molecule has 9 nitrogen and oxygen atoms in total. The van der Waals surface area contributed by atoms with Gasteiger partial charge in [-0.3, -0.25) is 14.8 Å². The smallest absolute Gasteiger partial charge is 0.329 e. The molecule has 0 unspecified atom stereocenters. The van der Waals surface area contributed by atoms with E-state index in [4.69, 9.17) is 5.11 Å². The molecule has 110 valence electrons. The van der Waals surface area contributed by atoms with Crippen molar-refractivity contribution in [2.24, 2.45) is 7.05 Å². The van der Waals surface area contributed by atoms with Gasteiger partial charge in [0.1, 0.15) is 13.2 Å². The van der Waals surface area contributed by atoms with Gasteiger partial charge in [0.25, 0.3) is 5.91 Å². The molecule has 20 heavy (non-hydrogen) atoms. The lowest BCUT2D eigenvalue weighted by atomic mass is 10.3. The van der Waals surface area contributed by atoms with E-state index in [1.165, 1.54) is 11.9 Å². The van der Waals surface area contributed by atoms with Crippen LogP contribution in [0, 0.1) is 0 Å². The predicted molar refractivity (Wildman–Crippen MR) is 66.7 cm³/mol. The summed E-state index contributed by atoms with van der Waals surface area (Å²) < 4.78 is 6.17. The normalized spacial score (nSPS) is 10.1. The molecule has 0 aliphatic rings. The molecule has 0 aliphatic heterocycles. The van der Waals surface area contributed by atoms with Crippen LogP contribution in [0.2, 0.25) is 0 Å². The first kappa shape index (κ1) is 15.6. The zero-order valence-electron chi connectivity index (χ0n) is 11.2. The second kappa shape index (κ2) is 7.24. The lowest BCUT2D eigenvalue weighted by Crippen LogP contribution is -2.42. The van der Waals surface area contributed by atoms with E-state index in [2.05, 4.69) is 15.2 Å². The quantitative estimate of drug-likeness (QED) is 0.706. The highest BCUT2D eigenvalue weighted by atomic mass is 16.5. The highest BCUT2D eigenvalue weighted by Crippen LogP contribution is 2.01. The molecule has 0 fully saturated rings. The van der Waals surface area contributed by atoms with Crippen LogP contribution in [0.15, 0.2) is 12.4 Å². The fraction of sp³-hybridized carbons (Fsp3) is 0.455. The number of hydrogen-bond donors (Lipinski definition) is 2. The molecule has 0 aliphatic carbocycles. The first-order valence-electron chi connectivity index (χ1n) is 5.70. The number of carbonyl (C=O) groups is 3. The van der Waals surface area contributed by atoms with Crippen molar-refractivity contribution in [2.75, 3.05) is 20.3 Å². The van der Waals surface area contributed by atoms with E-state index in [1.807, 2.05) is 0 Å². The molecule has 0 aromatic carbocycles. The number of hydrogen-bond acceptors (Lipinski definition) is 5. The minimum Gasteiger partial charge on any atom is -0.480 e. The largest absolute Gasteiger partial charge is 0.480 e. The Bertz CT molecular complexity index is 499. The fourth-order valence-corrected chi connectivity index (χ4v) is 1.38. The van der Waals surface area contributed by atoms with Crippen molar-refractivity contribution in [2.45, 2.75) is 6.54 Å². The monoisotopic (exact) mass is 284 g/mol. The lowest BCUT2D eigenvalue weighted by molar-refractivity contribution is -0.143. The molecule has 2 N–H and O–H groups in total. The second-order valence-corrected chi connectivity index (χ2v) is 4.12. The summed E-state index contributed by atoms with van der Waals surface area (Å²) in [7, 11) is 3.28. The van der Waals surface area contributed by atoms with Crippen LogP contribution < -0.4 is 5.32 Å². The summed E-state index contributed by atoms with van der Waals surface area (Å²) in [6, 6.07) is -0.599. The third-order valence-electron chi connectivity index (χ3n) is 2.23. The number of carboxylic acid groups (broad SMARTS) is 1. The first-order chi connectivity index (χ1) is 9.38. The zero-order valence-corrected chi connectivity index (χ0v) is 11.2. The lowest BCUT2D eigenvalue weighted by Gasteiger charge is -2.16. The molecule has 9 heteroatoms. The number of carboxylic acids is 1. The number of nitrogens with zero attached hydrogens (tertiary/aromatic N) is 3. The van der Waals surface area contributed by atoms with Crippen LogP contribution in [0.25, 0.3) is 0 Å². The van der Waals surface area contributed by atoms with Crippen molar-refractivity contribution in [1.29, 1.82) is 0 Å². The van der Waals surface area contributed by atoms with Crippen LogP contribution in [0.3, 0.4) is 0 Å². The summed E-state index contributed by atoms with van der Waals surface area (Å²) in [5.41, 5.74) is 0.819. The second-order valence-electron chi connectivity index (χ2n) is 4.12. The maximum absolute atomic E-state index is 11.7. The number of ether oxygens (including phenoxy) is 1. The van der Waals surface area contributed by atoms with E-state index < -0.39 is 31.1 Å². The number of nitrogens with one attached hydrogen (secondary N) is 1. The highest BCUT2D eigenvalue weighted by molar-refractivity contribution is 5.94. The number of carbonyl (C=O) groups excluding carboxylic acids is 2. The highest BCUT2D eigenvalue weighted by Gasteiger charge is 2.13. The van der Waals surface area contributed by atoms with Gasteiger partial charge in [-0.2, -0.15) is 5.10 Å². The molecule has 3 amide bonds. The van der Waals surface area contributed by atoms with Crippen LogP contribution >= 0.6 is 0 Å². The minimum atomic E-state index is -1.18. The number of urea groups is 1.